The Morgan fingerprint density at radius 3 is 0.785 bits per heavy atom. The first-order valence-electron chi connectivity index (χ1n) is 32.0. The van der Waals surface area contributed by atoms with Gasteiger partial charge in [-0.05, 0) is 141 Å². The van der Waals surface area contributed by atoms with Crippen LogP contribution < -0.4 is 0 Å². The molecule has 6 nitrogen and oxygen atoms in total. The minimum Gasteiger partial charge on any atom is -0.462 e. The number of esters is 3. The number of carbonyl (C=O) groups excluding carboxylic acids is 3. The molecule has 1 unspecified atom stereocenters. The highest BCUT2D eigenvalue weighted by Crippen LogP contribution is 2.14. The lowest BCUT2D eigenvalue weighted by molar-refractivity contribution is -0.167. The van der Waals surface area contributed by atoms with Crippen LogP contribution in [0.2, 0.25) is 0 Å². The number of ether oxygens (including phenoxy) is 3. The van der Waals surface area contributed by atoms with Gasteiger partial charge in [0.15, 0.2) is 6.10 Å². The SMILES string of the molecule is CC/C=C\C/C=C\C/C=C\C/C=C\C/C=C\C/C=C\C/C=C\C/C=C\CCCCCCCCC(=O)OCC(COC(=O)CCCCCCC/C=C\CCCC)OC(=O)CCCCCCCC/C=C\C/C=C\C/C=C\C/C=C\CC. The van der Waals surface area contributed by atoms with Crippen molar-refractivity contribution in [3.8, 4) is 0 Å². The highest BCUT2D eigenvalue weighted by molar-refractivity contribution is 5.71. The van der Waals surface area contributed by atoms with E-state index in [-0.39, 0.29) is 31.1 Å². The van der Waals surface area contributed by atoms with Crippen molar-refractivity contribution in [1.29, 1.82) is 0 Å². The van der Waals surface area contributed by atoms with E-state index in [4.69, 9.17) is 14.2 Å². The van der Waals surface area contributed by atoms with E-state index in [0.29, 0.717) is 19.3 Å². The summed E-state index contributed by atoms with van der Waals surface area (Å²) in [5, 5.41) is 0. The van der Waals surface area contributed by atoms with E-state index < -0.39 is 6.10 Å². The second-order valence-corrected chi connectivity index (χ2v) is 20.5. The number of rotatable bonds is 56. The summed E-state index contributed by atoms with van der Waals surface area (Å²) in [6.45, 7) is 6.34. The highest BCUT2D eigenvalue weighted by Gasteiger charge is 2.19. The fourth-order valence-electron chi connectivity index (χ4n) is 8.25. The molecule has 0 aromatic rings. The summed E-state index contributed by atoms with van der Waals surface area (Å²) in [5.41, 5.74) is 0. The quantitative estimate of drug-likeness (QED) is 0.0261. The van der Waals surface area contributed by atoms with Gasteiger partial charge in [0.2, 0.25) is 0 Å². The van der Waals surface area contributed by atoms with Gasteiger partial charge in [-0.15, -0.1) is 0 Å². The monoisotopic (exact) mass is 1090 g/mol. The van der Waals surface area contributed by atoms with Gasteiger partial charge in [0.25, 0.3) is 0 Å². The van der Waals surface area contributed by atoms with Crippen LogP contribution in [0.25, 0.3) is 0 Å². The molecule has 6 heteroatoms. The van der Waals surface area contributed by atoms with Crippen LogP contribution in [0, 0.1) is 0 Å². The number of unbranched alkanes of at least 4 members (excludes halogenated alkanes) is 19. The molecule has 0 spiro atoms. The number of hydrogen-bond donors (Lipinski definition) is 0. The van der Waals surface area contributed by atoms with Crippen LogP contribution in [0.15, 0.2) is 158 Å². The Balaban J connectivity index is 4.35. The molecule has 0 fully saturated rings. The second kappa shape index (κ2) is 65.5. The van der Waals surface area contributed by atoms with Crippen molar-refractivity contribution in [1.82, 2.24) is 0 Å². The van der Waals surface area contributed by atoms with Gasteiger partial charge in [0.05, 0.1) is 0 Å². The maximum atomic E-state index is 12.9. The molecule has 0 aliphatic heterocycles. The Morgan fingerprint density at radius 2 is 0.494 bits per heavy atom. The zero-order valence-electron chi connectivity index (χ0n) is 50.8. The van der Waals surface area contributed by atoms with Crippen molar-refractivity contribution >= 4 is 17.9 Å². The van der Waals surface area contributed by atoms with Gasteiger partial charge in [0, 0.05) is 19.3 Å². The third-order valence-corrected chi connectivity index (χ3v) is 13.0. The highest BCUT2D eigenvalue weighted by atomic mass is 16.6. The summed E-state index contributed by atoms with van der Waals surface area (Å²) in [7, 11) is 0. The molecule has 0 saturated heterocycles. The summed E-state index contributed by atoms with van der Waals surface area (Å²) in [4.78, 5) is 38.2. The standard InChI is InChI=1S/C73H116O6/c1-4-7-10-13-16-19-22-24-26-28-30-31-32-33-34-35-36-37-38-39-40-41-43-44-46-48-51-54-57-60-63-66-72(75)78-69-70(68-77-71(74)65-62-59-56-53-50-21-18-15-12-9-6-3)79-73(76)67-64-61-58-55-52-49-47-45-42-29-27-25-23-20-17-14-11-8-5-2/h7-8,10-11,15-20,24-27,30-31,33-34,36-37,39-40,42-45,70H,4-6,9,12-14,21-23,28-29,32,35,38,41,46-69H2,1-3H3/b10-7-,11-8-,18-15-,19-16-,20-17-,26-24-,27-25-,31-30-,34-33-,37-36-,40-39-,44-43-,45-42-. The zero-order chi connectivity index (χ0) is 57.1. The summed E-state index contributed by atoms with van der Waals surface area (Å²) in [6, 6.07) is 0. The summed E-state index contributed by atoms with van der Waals surface area (Å²) in [6.07, 6.45) is 95.3. The van der Waals surface area contributed by atoms with Gasteiger partial charge in [-0.2, -0.15) is 0 Å². The molecule has 0 aromatic heterocycles. The van der Waals surface area contributed by atoms with Gasteiger partial charge >= 0.3 is 17.9 Å². The first-order chi connectivity index (χ1) is 39.0. The van der Waals surface area contributed by atoms with Gasteiger partial charge in [-0.1, -0.05) is 262 Å². The van der Waals surface area contributed by atoms with E-state index >= 15 is 0 Å². The Morgan fingerprint density at radius 1 is 0.266 bits per heavy atom. The van der Waals surface area contributed by atoms with E-state index in [2.05, 4.69) is 179 Å². The van der Waals surface area contributed by atoms with Gasteiger partial charge < -0.3 is 14.2 Å². The van der Waals surface area contributed by atoms with Crippen molar-refractivity contribution in [2.75, 3.05) is 13.2 Å². The number of allylic oxidation sites excluding steroid dienone is 26. The predicted molar refractivity (Wildman–Crippen MR) is 343 cm³/mol. The fourth-order valence-corrected chi connectivity index (χ4v) is 8.25. The Kier molecular flexibility index (Phi) is 61.4. The molecular weight excluding hydrogens is 973 g/mol. The largest absolute Gasteiger partial charge is 0.462 e. The van der Waals surface area contributed by atoms with E-state index in [1.807, 2.05) is 0 Å². The molecule has 0 aromatic carbocycles. The summed E-state index contributed by atoms with van der Waals surface area (Å²) < 4.78 is 16.9. The Labute approximate surface area is 486 Å². The van der Waals surface area contributed by atoms with Crippen molar-refractivity contribution < 1.29 is 28.6 Å². The summed E-state index contributed by atoms with van der Waals surface area (Å²) in [5.74, 6) is -0.941. The van der Waals surface area contributed by atoms with Crippen LogP contribution in [-0.2, 0) is 28.6 Å². The fraction of sp³-hybridized carbons (Fsp3) is 0.603. The van der Waals surface area contributed by atoms with Gasteiger partial charge in [-0.25, -0.2) is 0 Å². The van der Waals surface area contributed by atoms with Crippen molar-refractivity contribution in [3.63, 3.8) is 0 Å². The molecule has 0 aliphatic rings. The molecule has 0 amide bonds. The average Bonchev–Trinajstić information content (AvgIpc) is 3.45. The van der Waals surface area contributed by atoms with Gasteiger partial charge in [-0.3, -0.25) is 14.4 Å². The molecule has 0 N–H and O–H groups in total. The normalized spacial score (nSPS) is 13.2. The lowest BCUT2D eigenvalue weighted by Crippen LogP contribution is -2.30. The number of hydrogen-bond acceptors (Lipinski definition) is 6. The minimum atomic E-state index is -0.803. The average molecular weight is 1090 g/mol. The molecule has 444 valence electrons. The van der Waals surface area contributed by atoms with Crippen molar-refractivity contribution in [2.45, 2.75) is 271 Å². The van der Waals surface area contributed by atoms with Crippen molar-refractivity contribution in [3.05, 3.63) is 158 Å². The molecule has 0 aliphatic carbocycles. The zero-order valence-corrected chi connectivity index (χ0v) is 50.8. The molecule has 0 radical (unpaired) electrons. The molecule has 0 saturated carbocycles. The van der Waals surface area contributed by atoms with E-state index in [0.717, 1.165) is 173 Å². The lowest BCUT2D eigenvalue weighted by Gasteiger charge is -2.18. The molecule has 0 heterocycles. The predicted octanol–water partition coefficient (Wildman–Crippen LogP) is 22.1. The van der Waals surface area contributed by atoms with E-state index in [9.17, 15) is 14.4 Å². The maximum Gasteiger partial charge on any atom is 0.306 e. The summed E-state index contributed by atoms with van der Waals surface area (Å²) >= 11 is 0. The van der Waals surface area contributed by atoms with Crippen LogP contribution >= 0.6 is 0 Å². The first kappa shape index (κ1) is 74.0. The van der Waals surface area contributed by atoms with Crippen LogP contribution in [-0.4, -0.2) is 37.2 Å². The second-order valence-electron chi connectivity index (χ2n) is 20.5. The first-order valence-corrected chi connectivity index (χ1v) is 32.0. The smallest absolute Gasteiger partial charge is 0.306 e. The molecule has 0 bridgehead atoms. The third kappa shape index (κ3) is 63.7. The van der Waals surface area contributed by atoms with Crippen molar-refractivity contribution in [2.24, 2.45) is 0 Å². The minimum absolute atomic E-state index is 0.0988. The molecule has 1 atom stereocenters. The van der Waals surface area contributed by atoms with Crippen LogP contribution in [0.3, 0.4) is 0 Å². The van der Waals surface area contributed by atoms with Crippen LogP contribution in [0.5, 0.6) is 0 Å². The number of carbonyl (C=O) groups is 3. The Bertz CT molecular complexity index is 1780. The molecule has 0 rings (SSSR count). The topological polar surface area (TPSA) is 78.9 Å². The maximum absolute atomic E-state index is 12.9. The third-order valence-electron chi connectivity index (χ3n) is 13.0. The van der Waals surface area contributed by atoms with Crippen LogP contribution in [0.1, 0.15) is 265 Å². The Hall–Kier alpha value is -4.97. The lowest BCUT2D eigenvalue weighted by atomic mass is 10.1. The van der Waals surface area contributed by atoms with E-state index in [1.165, 1.54) is 51.4 Å². The molecular formula is C73H116O6. The molecule has 79 heavy (non-hydrogen) atoms. The van der Waals surface area contributed by atoms with Gasteiger partial charge in [0.1, 0.15) is 13.2 Å². The van der Waals surface area contributed by atoms with E-state index in [1.54, 1.807) is 0 Å². The van der Waals surface area contributed by atoms with Crippen LogP contribution in [0.4, 0.5) is 0 Å².